The zero-order chi connectivity index (χ0) is 14.9. The monoisotopic (exact) mass is 294 g/mol. The highest BCUT2D eigenvalue weighted by Crippen LogP contribution is 2.35. The number of halogens is 1. The van der Waals surface area contributed by atoms with E-state index in [1.807, 2.05) is 12.1 Å². The predicted octanol–water partition coefficient (Wildman–Crippen LogP) is 4.44. The SMILES string of the molecule is Fc1ccc(-c2cccc3c(C4CCNCC4)c[nH]c23)cc1. The van der Waals surface area contributed by atoms with Gasteiger partial charge in [0.25, 0.3) is 0 Å². The van der Waals surface area contributed by atoms with Gasteiger partial charge in [0.2, 0.25) is 0 Å². The first-order chi connectivity index (χ1) is 10.8. The van der Waals surface area contributed by atoms with Crippen molar-refractivity contribution in [2.75, 3.05) is 13.1 Å². The summed E-state index contributed by atoms with van der Waals surface area (Å²) in [5.74, 6) is 0.427. The van der Waals surface area contributed by atoms with E-state index in [2.05, 4.69) is 34.7 Å². The minimum absolute atomic E-state index is 0.196. The number of fused-ring (bicyclic) bond motifs is 1. The molecule has 1 aromatic heterocycles. The van der Waals surface area contributed by atoms with Gasteiger partial charge in [-0.1, -0.05) is 30.3 Å². The molecule has 0 saturated carbocycles. The van der Waals surface area contributed by atoms with E-state index < -0.39 is 0 Å². The first-order valence-corrected chi connectivity index (χ1v) is 7.89. The summed E-state index contributed by atoms with van der Waals surface area (Å²) >= 11 is 0. The summed E-state index contributed by atoms with van der Waals surface area (Å²) < 4.78 is 13.1. The van der Waals surface area contributed by atoms with Crippen molar-refractivity contribution in [3.05, 3.63) is 60.0 Å². The summed E-state index contributed by atoms with van der Waals surface area (Å²) in [7, 11) is 0. The molecule has 0 radical (unpaired) electrons. The largest absolute Gasteiger partial charge is 0.360 e. The van der Waals surface area contributed by atoms with Crippen molar-refractivity contribution in [3.8, 4) is 11.1 Å². The quantitative estimate of drug-likeness (QED) is 0.718. The second-order valence-corrected chi connectivity index (χ2v) is 6.00. The predicted molar refractivity (Wildman–Crippen MR) is 88.5 cm³/mol. The van der Waals surface area contributed by atoms with Crippen LogP contribution < -0.4 is 5.32 Å². The fraction of sp³-hybridized carbons (Fsp3) is 0.263. The molecule has 2 aromatic carbocycles. The fourth-order valence-corrected chi connectivity index (χ4v) is 3.52. The summed E-state index contributed by atoms with van der Waals surface area (Å²) in [5.41, 5.74) is 4.76. The van der Waals surface area contributed by atoms with Gasteiger partial charge in [-0.25, -0.2) is 4.39 Å². The van der Waals surface area contributed by atoms with Gasteiger partial charge < -0.3 is 10.3 Å². The number of benzene rings is 2. The van der Waals surface area contributed by atoms with Crippen LogP contribution in [0.4, 0.5) is 4.39 Å². The number of aromatic amines is 1. The lowest BCUT2D eigenvalue weighted by Crippen LogP contribution is -2.26. The lowest BCUT2D eigenvalue weighted by molar-refractivity contribution is 0.462. The lowest BCUT2D eigenvalue weighted by atomic mass is 9.89. The molecule has 4 rings (SSSR count). The van der Waals surface area contributed by atoms with E-state index in [0.29, 0.717) is 5.92 Å². The zero-order valence-electron chi connectivity index (χ0n) is 12.4. The normalized spacial score (nSPS) is 16.2. The van der Waals surface area contributed by atoms with Gasteiger partial charge in [-0.05, 0) is 55.1 Å². The third kappa shape index (κ3) is 2.32. The molecule has 2 nitrogen and oxygen atoms in total. The maximum absolute atomic E-state index is 13.1. The molecular weight excluding hydrogens is 275 g/mol. The molecule has 0 bridgehead atoms. The van der Waals surface area contributed by atoms with E-state index in [-0.39, 0.29) is 5.82 Å². The second-order valence-electron chi connectivity index (χ2n) is 6.00. The molecule has 1 aliphatic heterocycles. The van der Waals surface area contributed by atoms with Crippen LogP contribution in [0.15, 0.2) is 48.7 Å². The number of H-pyrrole nitrogens is 1. The Morgan fingerprint density at radius 1 is 0.955 bits per heavy atom. The van der Waals surface area contributed by atoms with E-state index in [0.717, 1.165) is 29.7 Å². The Morgan fingerprint density at radius 3 is 2.50 bits per heavy atom. The number of hydrogen-bond acceptors (Lipinski definition) is 1. The molecule has 0 spiro atoms. The molecule has 112 valence electrons. The Labute approximate surface area is 129 Å². The first kappa shape index (κ1) is 13.5. The average molecular weight is 294 g/mol. The van der Waals surface area contributed by atoms with Crippen LogP contribution in [0.5, 0.6) is 0 Å². The highest BCUT2D eigenvalue weighted by Gasteiger charge is 2.19. The number of piperidine rings is 1. The second kappa shape index (κ2) is 5.58. The Bertz CT molecular complexity index is 783. The van der Waals surface area contributed by atoms with Gasteiger partial charge in [-0.2, -0.15) is 0 Å². The molecule has 0 atom stereocenters. The van der Waals surface area contributed by atoms with Crippen LogP contribution in [0.25, 0.3) is 22.0 Å². The number of para-hydroxylation sites is 1. The molecule has 0 amide bonds. The van der Waals surface area contributed by atoms with Gasteiger partial charge in [-0.3, -0.25) is 0 Å². The van der Waals surface area contributed by atoms with E-state index in [1.165, 1.54) is 35.9 Å². The van der Waals surface area contributed by atoms with Crippen molar-refractivity contribution in [1.82, 2.24) is 10.3 Å². The molecule has 0 unspecified atom stereocenters. The average Bonchev–Trinajstić information content (AvgIpc) is 3.00. The molecule has 1 aliphatic rings. The van der Waals surface area contributed by atoms with E-state index in [9.17, 15) is 4.39 Å². The number of nitrogens with one attached hydrogen (secondary N) is 2. The number of hydrogen-bond donors (Lipinski definition) is 2. The molecule has 2 N–H and O–H groups in total. The maximum atomic E-state index is 13.1. The molecule has 0 aliphatic carbocycles. The zero-order valence-corrected chi connectivity index (χ0v) is 12.4. The van der Waals surface area contributed by atoms with Gasteiger partial charge in [0.1, 0.15) is 5.82 Å². The third-order valence-electron chi connectivity index (χ3n) is 4.68. The smallest absolute Gasteiger partial charge is 0.123 e. The van der Waals surface area contributed by atoms with Crippen LogP contribution in [-0.4, -0.2) is 18.1 Å². The molecule has 3 aromatic rings. The minimum atomic E-state index is -0.196. The van der Waals surface area contributed by atoms with Crippen LogP contribution in [0.3, 0.4) is 0 Å². The van der Waals surface area contributed by atoms with E-state index in [1.54, 1.807) is 0 Å². The summed E-state index contributed by atoms with van der Waals surface area (Å²) in [6, 6.07) is 13.1. The number of rotatable bonds is 2. The van der Waals surface area contributed by atoms with Gasteiger partial charge in [0.15, 0.2) is 0 Å². The summed E-state index contributed by atoms with van der Waals surface area (Å²) in [6.07, 6.45) is 4.54. The van der Waals surface area contributed by atoms with E-state index >= 15 is 0 Å². The van der Waals surface area contributed by atoms with Crippen molar-refractivity contribution in [2.45, 2.75) is 18.8 Å². The van der Waals surface area contributed by atoms with Crippen LogP contribution in [-0.2, 0) is 0 Å². The Balaban J connectivity index is 1.81. The third-order valence-corrected chi connectivity index (χ3v) is 4.68. The Kier molecular flexibility index (Phi) is 3.43. The first-order valence-electron chi connectivity index (χ1n) is 7.89. The molecule has 1 saturated heterocycles. The summed E-state index contributed by atoms with van der Waals surface area (Å²) in [4.78, 5) is 3.45. The van der Waals surface area contributed by atoms with Crippen LogP contribution >= 0.6 is 0 Å². The van der Waals surface area contributed by atoms with Crippen molar-refractivity contribution in [2.24, 2.45) is 0 Å². The van der Waals surface area contributed by atoms with Crippen molar-refractivity contribution >= 4 is 10.9 Å². The topological polar surface area (TPSA) is 27.8 Å². The summed E-state index contributed by atoms with van der Waals surface area (Å²) in [5, 5.41) is 4.72. The van der Waals surface area contributed by atoms with Crippen LogP contribution in [0.1, 0.15) is 24.3 Å². The lowest BCUT2D eigenvalue weighted by Gasteiger charge is -2.22. The highest BCUT2D eigenvalue weighted by molar-refractivity contribution is 5.96. The van der Waals surface area contributed by atoms with Gasteiger partial charge in [0, 0.05) is 17.1 Å². The van der Waals surface area contributed by atoms with Crippen LogP contribution in [0, 0.1) is 5.82 Å². The fourth-order valence-electron chi connectivity index (χ4n) is 3.52. The van der Waals surface area contributed by atoms with Gasteiger partial charge >= 0.3 is 0 Å². The Hall–Kier alpha value is -2.13. The Morgan fingerprint density at radius 2 is 1.73 bits per heavy atom. The molecular formula is C19H19FN2. The highest BCUT2D eigenvalue weighted by atomic mass is 19.1. The van der Waals surface area contributed by atoms with Crippen molar-refractivity contribution < 1.29 is 4.39 Å². The van der Waals surface area contributed by atoms with Crippen molar-refractivity contribution in [3.63, 3.8) is 0 Å². The molecule has 1 fully saturated rings. The number of aromatic nitrogens is 1. The van der Waals surface area contributed by atoms with Crippen molar-refractivity contribution in [1.29, 1.82) is 0 Å². The van der Waals surface area contributed by atoms with E-state index in [4.69, 9.17) is 0 Å². The standard InChI is InChI=1S/C19H19FN2/c20-15-6-4-13(5-7-15)16-2-1-3-17-18(12-22-19(16)17)14-8-10-21-11-9-14/h1-7,12,14,21-22H,8-11H2. The van der Waals surface area contributed by atoms with Gasteiger partial charge in [0.05, 0.1) is 5.52 Å². The minimum Gasteiger partial charge on any atom is -0.360 e. The molecule has 2 heterocycles. The summed E-state index contributed by atoms with van der Waals surface area (Å²) in [6.45, 7) is 2.18. The molecule has 3 heteroatoms. The van der Waals surface area contributed by atoms with Gasteiger partial charge in [-0.15, -0.1) is 0 Å². The maximum Gasteiger partial charge on any atom is 0.123 e. The van der Waals surface area contributed by atoms with Crippen LogP contribution in [0.2, 0.25) is 0 Å². The molecule has 22 heavy (non-hydrogen) atoms.